The summed E-state index contributed by atoms with van der Waals surface area (Å²) in [6.45, 7) is 4.21. The van der Waals surface area contributed by atoms with Crippen LogP contribution in [0.3, 0.4) is 0 Å². The number of aliphatic carboxylic acids is 1. The van der Waals surface area contributed by atoms with Crippen molar-refractivity contribution in [3.05, 3.63) is 28.8 Å². The van der Waals surface area contributed by atoms with Gasteiger partial charge in [0.25, 0.3) is 5.91 Å². The Morgan fingerprint density at radius 1 is 1.36 bits per heavy atom. The largest absolute Gasteiger partial charge is 0.477 e. The Hall–Kier alpha value is -2.22. The maximum atomic E-state index is 14.5. The van der Waals surface area contributed by atoms with Gasteiger partial charge in [-0.1, -0.05) is 0 Å². The monoisotopic (exact) mass is 326 g/mol. The van der Waals surface area contributed by atoms with Gasteiger partial charge in [-0.2, -0.15) is 0 Å². The second-order valence-corrected chi connectivity index (χ2v) is 5.95. The van der Waals surface area contributed by atoms with Crippen LogP contribution in [0.2, 0.25) is 0 Å². The number of nitrogens with zero attached hydrogens (tertiary/aromatic N) is 2. The first-order valence-electron chi connectivity index (χ1n) is 6.48. The number of carboxylic acids is 1. The third kappa shape index (κ3) is 2.50. The van der Waals surface area contributed by atoms with Crippen molar-refractivity contribution in [1.82, 2.24) is 4.90 Å². The number of anilines is 1. The predicted molar refractivity (Wildman–Crippen MR) is 79.0 cm³/mol. The smallest absolute Gasteiger partial charge is 0.352 e. The summed E-state index contributed by atoms with van der Waals surface area (Å²) < 4.78 is 14.5. The van der Waals surface area contributed by atoms with Gasteiger partial charge in [0.1, 0.15) is 5.70 Å². The number of β-lactam (4-membered cyclic amide) rings is 1. The van der Waals surface area contributed by atoms with Gasteiger partial charge >= 0.3 is 5.97 Å². The Kier molecular flexibility index (Phi) is 4.32. The number of allylic oxidation sites excluding steroid dienone is 1. The molecule has 2 rings (SSSR count). The lowest BCUT2D eigenvalue weighted by atomic mass is 10.0. The highest BCUT2D eigenvalue weighted by atomic mass is 32.1. The van der Waals surface area contributed by atoms with Crippen LogP contribution in [0.4, 0.5) is 9.39 Å². The van der Waals surface area contributed by atoms with E-state index < -0.39 is 30.1 Å². The van der Waals surface area contributed by atoms with Crippen molar-refractivity contribution in [2.45, 2.75) is 33.1 Å². The molecule has 1 saturated heterocycles. The van der Waals surface area contributed by atoms with E-state index in [1.807, 2.05) is 0 Å². The highest BCUT2D eigenvalue weighted by Gasteiger charge is 2.55. The summed E-state index contributed by atoms with van der Waals surface area (Å²) in [5.74, 6) is -2.59. The lowest BCUT2D eigenvalue weighted by Gasteiger charge is -2.46. The van der Waals surface area contributed by atoms with Gasteiger partial charge in [-0.25, -0.2) is 9.18 Å². The molecule has 1 N–H and O–H groups in total. The summed E-state index contributed by atoms with van der Waals surface area (Å²) in [7, 11) is 0. The molecule has 0 spiro atoms. The van der Waals surface area contributed by atoms with Crippen LogP contribution < -0.4 is 4.90 Å². The van der Waals surface area contributed by atoms with Crippen molar-refractivity contribution in [2.24, 2.45) is 0 Å². The summed E-state index contributed by atoms with van der Waals surface area (Å²) in [6, 6.07) is 1.96. The standard InChI is InChI=1S/C14H15FN2O4S/c1-7(2)10(14(20)21)17-12(15)11(13(17)19)16(8(3)18)9-5-4-6-22-9/h4-6,11-12H,1-3H3,(H,20,21). The van der Waals surface area contributed by atoms with Gasteiger partial charge < -0.3 is 5.11 Å². The van der Waals surface area contributed by atoms with Crippen molar-refractivity contribution < 1.29 is 23.9 Å². The minimum absolute atomic E-state index is 0.312. The number of carboxylic acid groups (broad SMARTS) is 1. The Bertz CT molecular complexity index is 652. The topological polar surface area (TPSA) is 77.9 Å². The maximum Gasteiger partial charge on any atom is 0.352 e. The molecule has 1 aromatic rings. The molecule has 118 valence electrons. The van der Waals surface area contributed by atoms with Crippen LogP contribution in [0.5, 0.6) is 0 Å². The molecule has 2 heterocycles. The molecule has 0 aromatic carbocycles. The average Bonchev–Trinajstić information content (AvgIpc) is 2.93. The minimum Gasteiger partial charge on any atom is -0.477 e. The molecule has 1 aliphatic rings. The molecule has 2 amide bonds. The SMILES string of the molecule is CC(=O)N(c1cccs1)C1C(=O)N(C(C(=O)O)=C(C)C)C1F. The number of carbonyl (C=O) groups excluding carboxylic acids is 2. The van der Waals surface area contributed by atoms with Crippen LogP contribution in [0.25, 0.3) is 0 Å². The molecule has 0 aliphatic carbocycles. The molecule has 8 heteroatoms. The van der Waals surface area contributed by atoms with Crippen molar-refractivity contribution in [2.75, 3.05) is 4.90 Å². The van der Waals surface area contributed by atoms with Crippen LogP contribution in [0, 0.1) is 0 Å². The summed E-state index contributed by atoms with van der Waals surface area (Å²) >= 11 is 1.20. The summed E-state index contributed by atoms with van der Waals surface area (Å²) in [5, 5.41) is 11.3. The van der Waals surface area contributed by atoms with E-state index in [1.165, 1.54) is 32.1 Å². The zero-order valence-corrected chi connectivity index (χ0v) is 13.1. The van der Waals surface area contributed by atoms with Gasteiger partial charge in [0.05, 0.1) is 5.00 Å². The third-order valence-corrected chi connectivity index (χ3v) is 4.14. The molecule has 0 radical (unpaired) electrons. The Morgan fingerprint density at radius 2 is 2.00 bits per heavy atom. The quantitative estimate of drug-likeness (QED) is 0.521. The molecule has 0 bridgehead atoms. The van der Waals surface area contributed by atoms with Gasteiger partial charge in [0, 0.05) is 6.92 Å². The number of likely N-dealkylation sites (tertiary alicyclic amines) is 1. The second-order valence-electron chi connectivity index (χ2n) is 5.02. The van der Waals surface area contributed by atoms with Crippen molar-refractivity contribution in [3.8, 4) is 0 Å². The van der Waals surface area contributed by atoms with Crippen molar-refractivity contribution >= 4 is 34.1 Å². The summed E-state index contributed by atoms with van der Waals surface area (Å²) in [6.07, 6.45) is -1.89. The molecule has 2 unspecified atom stereocenters. The zero-order valence-electron chi connectivity index (χ0n) is 12.2. The first kappa shape index (κ1) is 16.2. The van der Waals surface area contributed by atoms with Crippen LogP contribution >= 0.6 is 11.3 Å². The maximum absolute atomic E-state index is 14.5. The van der Waals surface area contributed by atoms with E-state index in [2.05, 4.69) is 0 Å². The van der Waals surface area contributed by atoms with E-state index in [0.717, 1.165) is 4.90 Å². The fraction of sp³-hybridized carbons (Fsp3) is 0.357. The number of amides is 2. The van der Waals surface area contributed by atoms with Gasteiger partial charge in [-0.15, -0.1) is 11.3 Å². The average molecular weight is 326 g/mol. The van der Waals surface area contributed by atoms with Crippen LogP contribution in [0.15, 0.2) is 28.8 Å². The van der Waals surface area contributed by atoms with Crippen LogP contribution in [-0.4, -0.2) is 40.1 Å². The third-order valence-electron chi connectivity index (χ3n) is 3.28. The lowest BCUT2D eigenvalue weighted by Crippen LogP contribution is -2.70. The number of alkyl halides is 1. The molecule has 1 fully saturated rings. The molecule has 1 aliphatic heterocycles. The molecular weight excluding hydrogens is 311 g/mol. The second kappa shape index (κ2) is 5.88. The van der Waals surface area contributed by atoms with Gasteiger partial charge in [0.15, 0.2) is 6.04 Å². The molecule has 22 heavy (non-hydrogen) atoms. The van der Waals surface area contributed by atoms with Gasteiger partial charge in [0.2, 0.25) is 12.2 Å². The number of halogens is 1. The Labute approximate surface area is 130 Å². The molecule has 1 aromatic heterocycles. The Morgan fingerprint density at radius 3 is 2.36 bits per heavy atom. The van der Waals surface area contributed by atoms with E-state index >= 15 is 0 Å². The Balaban J connectivity index is 2.34. The number of hydrogen-bond donors (Lipinski definition) is 1. The normalized spacial score (nSPS) is 20.4. The number of thiophene rings is 1. The number of rotatable bonds is 4. The highest BCUT2D eigenvalue weighted by molar-refractivity contribution is 7.14. The van der Waals surface area contributed by atoms with E-state index in [-0.39, 0.29) is 5.70 Å². The van der Waals surface area contributed by atoms with E-state index in [4.69, 9.17) is 5.11 Å². The fourth-order valence-electron chi connectivity index (χ4n) is 2.36. The van der Waals surface area contributed by atoms with Crippen molar-refractivity contribution in [1.29, 1.82) is 0 Å². The number of hydrogen-bond acceptors (Lipinski definition) is 4. The van der Waals surface area contributed by atoms with E-state index in [1.54, 1.807) is 17.5 Å². The van der Waals surface area contributed by atoms with Gasteiger partial charge in [-0.3, -0.25) is 19.4 Å². The van der Waals surface area contributed by atoms with Crippen LogP contribution in [0.1, 0.15) is 20.8 Å². The summed E-state index contributed by atoms with van der Waals surface area (Å²) in [5.41, 5.74) is -0.0733. The van der Waals surface area contributed by atoms with E-state index in [0.29, 0.717) is 15.5 Å². The first-order valence-corrected chi connectivity index (χ1v) is 7.36. The molecule has 2 atom stereocenters. The first-order chi connectivity index (χ1) is 10.3. The molecule has 6 nitrogen and oxygen atoms in total. The fourth-order valence-corrected chi connectivity index (χ4v) is 3.17. The predicted octanol–water partition coefficient (Wildman–Crippen LogP) is 1.99. The molecular formula is C14H15FN2O4S. The van der Waals surface area contributed by atoms with Crippen molar-refractivity contribution in [3.63, 3.8) is 0 Å². The minimum atomic E-state index is -1.89. The van der Waals surface area contributed by atoms with Gasteiger partial charge in [-0.05, 0) is 36.9 Å². The zero-order chi connectivity index (χ0) is 16.6. The number of carbonyl (C=O) groups is 3. The van der Waals surface area contributed by atoms with Crippen LogP contribution in [-0.2, 0) is 14.4 Å². The summed E-state index contributed by atoms with van der Waals surface area (Å²) in [4.78, 5) is 36.9. The lowest BCUT2D eigenvalue weighted by molar-refractivity contribution is -0.160. The molecule has 0 saturated carbocycles. The van der Waals surface area contributed by atoms with E-state index in [9.17, 15) is 18.8 Å². The highest BCUT2D eigenvalue weighted by Crippen LogP contribution is 2.36.